The number of hydrogen-bond donors (Lipinski definition) is 0. The summed E-state index contributed by atoms with van der Waals surface area (Å²) in [5, 5.41) is 0. The van der Waals surface area contributed by atoms with Crippen molar-refractivity contribution in [2.24, 2.45) is 0 Å². The Morgan fingerprint density at radius 2 is 1.94 bits per heavy atom. The van der Waals surface area contributed by atoms with Gasteiger partial charge in [0.1, 0.15) is 5.75 Å². The highest BCUT2D eigenvalue weighted by Crippen LogP contribution is 2.34. The molecule has 0 aromatic heterocycles. The molecule has 1 fully saturated rings. The first-order valence-electron chi connectivity index (χ1n) is 5.63. The molecule has 1 aromatic carbocycles. The zero-order valence-electron chi connectivity index (χ0n) is 10.1. The minimum Gasteiger partial charge on any atom is -0.497 e. The van der Waals surface area contributed by atoms with E-state index in [1.165, 1.54) is 6.26 Å². The lowest BCUT2D eigenvalue weighted by atomic mass is 10.1. The number of ether oxygens (including phenoxy) is 1. The summed E-state index contributed by atoms with van der Waals surface area (Å²) in [5.74, 6) is 0.789. The topological polar surface area (TPSA) is 46.6 Å². The Balaban J connectivity index is 2.26. The Hall–Kier alpha value is -1.07. The second kappa shape index (κ2) is 4.66. The molecule has 0 saturated carbocycles. The number of rotatable bonds is 3. The minimum absolute atomic E-state index is 0.0177. The highest BCUT2D eigenvalue weighted by Gasteiger charge is 2.32. The van der Waals surface area contributed by atoms with Crippen LogP contribution in [0.2, 0.25) is 0 Å². The summed E-state index contributed by atoms with van der Waals surface area (Å²) in [5.41, 5.74) is 1.04. The van der Waals surface area contributed by atoms with Crippen molar-refractivity contribution in [3.8, 4) is 5.75 Å². The molecule has 1 aromatic rings. The summed E-state index contributed by atoms with van der Waals surface area (Å²) < 4.78 is 30.0. The Bertz CT molecular complexity index is 481. The lowest BCUT2D eigenvalue weighted by Crippen LogP contribution is -2.29. The molecule has 1 atom stereocenters. The van der Waals surface area contributed by atoms with Gasteiger partial charge in [0.2, 0.25) is 10.0 Å². The van der Waals surface area contributed by atoms with Crippen molar-refractivity contribution < 1.29 is 13.2 Å². The van der Waals surface area contributed by atoms with Gasteiger partial charge >= 0.3 is 0 Å². The zero-order chi connectivity index (χ0) is 12.5. The van der Waals surface area contributed by atoms with Crippen LogP contribution < -0.4 is 4.74 Å². The first-order chi connectivity index (χ1) is 8.02. The fourth-order valence-corrected chi connectivity index (χ4v) is 3.45. The van der Waals surface area contributed by atoms with Crippen LogP contribution in [0.3, 0.4) is 0 Å². The molecule has 1 aliphatic rings. The van der Waals surface area contributed by atoms with Crippen molar-refractivity contribution in [3.05, 3.63) is 29.8 Å². The van der Waals surface area contributed by atoms with E-state index in [1.807, 2.05) is 24.3 Å². The van der Waals surface area contributed by atoms with Gasteiger partial charge in [-0.25, -0.2) is 8.42 Å². The molecule has 1 heterocycles. The Morgan fingerprint density at radius 3 is 2.47 bits per heavy atom. The van der Waals surface area contributed by atoms with Crippen LogP contribution in [0.15, 0.2) is 24.3 Å². The van der Waals surface area contributed by atoms with Gasteiger partial charge in [-0.15, -0.1) is 0 Å². The number of sulfonamides is 1. The standard InChI is InChI=1S/C12H17NO3S/c1-16-11-7-5-10(6-8-11)12-4-3-9-13(12)17(2,14)15/h5-8,12H,3-4,9H2,1-2H3. The molecule has 1 aliphatic heterocycles. The summed E-state index contributed by atoms with van der Waals surface area (Å²) in [7, 11) is -1.50. The van der Waals surface area contributed by atoms with Gasteiger partial charge in [0.25, 0.3) is 0 Å². The van der Waals surface area contributed by atoms with E-state index in [1.54, 1.807) is 11.4 Å². The maximum atomic E-state index is 11.6. The SMILES string of the molecule is COc1ccc(C2CCCN2S(C)(=O)=O)cc1. The summed E-state index contributed by atoms with van der Waals surface area (Å²) in [4.78, 5) is 0. The van der Waals surface area contributed by atoms with E-state index < -0.39 is 10.0 Å². The number of nitrogens with zero attached hydrogens (tertiary/aromatic N) is 1. The molecule has 17 heavy (non-hydrogen) atoms. The van der Waals surface area contributed by atoms with Crippen molar-refractivity contribution in [1.82, 2.24) is 4.31 Å². The fraction of sp³-hybridized carbons (Fsp3) is 0.500. The van der Waals surface area contributed by atoms with Gasteiger partial charge < -0.3 is 4.74 Å². The quantitative estimate of drug-likeness (QED) is 0.827. The van der Waals surface area contributed by atoms with Crippen molar-refractivity contribution in [2.45, 2.75) is 18.9 Å². The molecule has 4 nitrogen and oxygen atoms in total. The van der Waals surface area contributed by atoms with Crippen molar-refractivity contribution in [3.63, 3.8) is 0 Å². The van der Waals surface area contributed by atoms with E-state index in [9.17, 15) is 8.42 Å². The lowest BCUT2D eigenvalue weighted by Gasteiger charge is -2.22. The maximum absolute atomic E-state index is 11.6. The summed E-state index contributed by atoms with van der Waals surface area (Å²) in [6.45, 7) is 0.621. The lowest BCUT2D eigenvalue weighted by molar-refractivity contribution is 0.398. The van der Waals surface area contributed by atoms with E-state index in [0.29, 0.717) is 6.54 Å². The predicted molar refractivity (Wildman–Crippen MR) is 66.5 cm³/mol. The van der Waals surface area contributed by atoms with Gasteiger partial charge in [0, 0.05) is 12.6 Å². The average molecular weight is 255 g/mol. The maximum Gasteiger partial charge on any atom is 0.211 e. The minimum atomic E-state index is -3.11. The highest BCUT2D eigenvalue weighted by atomic mass is 32.2. The smallest absolute Gasteiger partial charge is 0.211 e. The molecule has 1 unspecified atom stereocenters. The second-order valence-electron chi connectivity index (χ2n) is 4.30. The zero-order valence-corrected chi connectivity index (χ0v) is 10.9. The van der Waals surface area contributed by atoms with Gasteiger partial charge in [-0.1, -0.05) is 12.1 Å². The summed E-state index contributed by atoms with van der Waals surface area (Å²) >= 11 is 0. The Labute approximate surface area is 102 Å². The molecule has 5 heteroatoms. The second-order valence-corrected chi connectivity index (χ2v) is 6.24. The van der Waals surface area contributed by atoms with Crippen LogP contribution in [-0.4, -0.2) is 32.6 Å². The first kappa shape index (κ1) is 12.4. The van der Waals surface area contributed by atoms with Crippen LogP contribution in [0.25, 0.3) is 0 Å². The van der Waals surface area contributed by atoms with E-state index in [0.717, 1.165) is 24.2 Å². The van der Waals surface area contributed by atoms with Gasteiger partial charge in [-0.3, -0.25) is 0 Å². The predicted octanol–water partition coefficient (Wildman–Crippen LogP) is 1.79. The summed E-state index contributed by atoms with van der Waals surface area (Å²) in [6.07, 6.45) is 3.08. The van der Waals surface area contributed by atoms with Crippen molar-refractivity contribution in [2.75, 3.05) is 19.9 Å². The van der Waals surface area contributed by atoms with E-state index in [2.05, 4.69) is 0 Å². The number of hydrogen-bond acceptors (Lipinski definition) is 3. The van der Waals surface area contributed by atoms with Gasteiger partial charge in [-0.2, -0.15) is 4.31 Å². The first-order valence-corrected chi connectivity index (χ1v) is 7.48. The third-order valence-corrected chi connectivity index (χ3v) is 4.42. The van der Waals surface area contributed by atoms with Crippen LogP contribution >= 0.6 is 0 Å². The van der Waals surface area contributed by atoms with E-state index >= 15 is 0 Å². The molecule has 0 spiro atoms. The normalized spacial score (nSPS) is 21.6. The average Bonchev–Trinajstić information content (AvgIpc) is 2.78. The van der Waals surface area contributed by atoms with Gasteiger partial charge in [-0.05, 0) is 30.5 Å². The molecule has 0 aliphatic carbocycles. The molecule has 0 bridgehead atoms. The molecule has 1 saturated heterocycles. The van der Waals surface area contributed by atoms with E-state index in [-0.39, 0.29) is 6.04 Å². The monoisotopic (exact) mass is 255 g/mol. The van der Waals surface area contributed by atoms with Gasteiger partial charge in [0.05, 0.1) is 13.4 Å². The van der Waals surface area contributed by atoms with Crippen LogP contribution in [0.5, 0.6) is 5.75 Å². The molecule has 2 rings (SSSR count). The largest absolute Gasteiger partial charge is 0.497 e. The molecule has 0 amide bonds. The van der Waals surface area contributed by atoms with Crippen LogP contribution in [0.4, 0.5) is 0 Å². The number of methoxy groups -OCH3 is 1. The molecule has 0 radical (unpaired) electrons. The van der Waals surface area contributed by atoms with Crippen LogP contribution in [-0.2, 0) is 10.0 Å². The van der Waals surface area contributed by atoms with Gasteiger partial charge in [0.15, 0.2) is 0 Å². The third kappa shape index (κ3) is 2.61. The van der Waals surface area contributed by atoms with Crippen molar-refractivity contribution in [1.29, 1.82) is 0 Å². The molecule has 0 N–H and O–H groups in total. The van der Waals surface area contributed by atoms with E-state index in [4.69, 9.17) is 4.74 Å². The Morgan fingerprint density at radius 1 is 1.29 bits per heavy atom. The highest BCUT2D eigenvalue weighted by molar-refractivity contribution is 7.88. The fourth-order valence-electron chi connectivity index (χ4n) is 2.30. The van der Waals surface area contributed by atoms with Crippen molar-refractivity contribution >= 4 is 10.0 Å². The molecule has 94 valence electrons. The third-order valence-electron chi connectivity index (χ3n) is 3.13. The molecular weight excluding hydrogens is 238 g/mol. The Kier molecular flexibility index (Phi) is 3.40. The number of benzene rings is 1. The van der Waals surface area contributed by atoms with Crippen LogP contribution in [0.1, 0.15) is 24.4 Å². The summed E-state index contributed by atoms with van der Waals surface area (Å²) in [6, 6.07) is 7.60. The van der Waals surface area contributed by atoms with Crippen LogP contribution in [0, 0.1) is 0 Å². The molecular formula is C12H17NO3S.